The van der Waals surface area contributed by atoms with E-state index in [1.165, 1.54) is 31.4 Å². The van der Waals surface area contributed by atoms with Crippen LogP contribution in [0.25, 0.3) is 0 Å². The van der Waals surface area contributed by atoms with Crippen LogP contribution in [0, 0.1) is 11.8 Å². The van der Waals surface area contributed by atoms with E-state index in [2.05, 4.69) is 21.8 Å². The van der Waals surface area contributed by atoms with E-state index < -0.39 is 0 Å². The fourth-order valence-electron chi connectivity index (χ4n) is 2.71. The van der Waals surface area contributed by atoms with Crippen molar-refractivity contribution in [1.82, 2.24) is 14.9 Å². The summed E-state index contributed by atoms with van der Waals surface area (Å²) in [6.45, 7) is 4.06. The highest BCUT2D eigenvalue weighted by Gasteiger charge is 2.30. The number of rotatable bonds is 7. The quantitative estimate of drug-likeness (QED) is 0.774. The van der Waals surface area contributed by atoms with Crippen LogP contribution in [0.4, 0.5) is 0 Å². The molecule has 2 aliphatic rings. The zero-order valence-electron chi connectivity index (χ0n) is 11.2. The first kappa shape index (κ1) is 12.2. The van der Waals surface area contributed by atoms with Crippen molar-refractivity contribution in [2.45, 2.75) is 44.7 Å². The fourth-order valence-corrected chi connectivity index (χ4v) is 2.71. The second-order valence-electron chi connectivity index (χ2n) is 5.97. The van der Waals surface area contributed by atoms with E-state index in [1.807, 2.05) is 12.5 Å². The third-order valence-corrected chi connectivity index (χ3v) is 4.34. The fraction of sp³-hybridized carbons (Fsp3) is 0.786. The molecule has 0 bridgehead atoms. The lowest BCUT2D eigenvalue weighted by Crippen LogP contribution is -2.33. The maximum absolute atomic E-state index is 5.93. The van der Waals surface area contributed by atoms with Crippen LogP contribution in [0.1, 0.15) is 50.4 Å². The van der Waals surface area contributed by atoms with Gasteiger partial charge >= 0.3 is 0 Å². The summed E-state index contributed by atoms with van der Waals surface area (Å²) >= 11 is 0. The molecule has 1 aromatic rings. The monoisotopic (exact) mass is 248 g/mol. The number of hydrogen-bond acceptors (Lipinski definition) is 3. The SMILES string of the molecule is CC(CNC(CN)c1cncn1C1CC1)C1CC1. The lowest BCUT2D eigenvalue weighted by Gasteiger charge is -2.21. The highest BCUT2D eigenvalue weighted by molar-refractivity contribution is 5.09. The molecule has 3 rings (SSSR count). The summed E-state index contributed by atoms with van der Waals surface area (Å²) in [6, 6.07) is 0.938. The minimum atomic E-state index is 0.259. The molecule has 2 aliphatic carbocycles. The Kier molecular flexibility index (Phi) is 3.39. The van der Waals surface area contributed by atoms with Crippen LogP contribution in [0.5, 0.6) is 0 Å². The van der Waals surface area contributed by atoms with Crippen LogP contribution in [-0.2, 0) is 0 Å². The molecule has 0 amide bonds. The Bertz CT molecular complexity index is 392. The Morgan fingerprint density at radius 3 is 2.83 bits per heavy atom. The van der Waals surface area contributed by atoms with Gasteiger partial charge in [-0.1, -0.05) is 6.92 Å². The third kappa shape index (κ3) is 2.59. The largest absolute Gasteiger partial charge is 0.330 e. The molecular formula is C14H24N4. The molecule has 0 aromatic carbocycles. The molecular weight excluding hydrogens is 224 g/mol. The van der Waals surface area contributed by atoms with Crippen molar-refractivity contribution in [1.29, 1.82) is 0 Å². The van der Waals surface area contributed by atoms with E-state index in [1.54, 1.807) is 0 Å². The molecule has 1 heterocycles. The first-order valence-corrected chi connectivity index (χ1v) is 7.24. The second-order valence-corrected chi connectivity index (χ2v) is 5.97. The van der Waals surface area contributed by atoms with Gasteiger partial charge in [-0.3, -0.25) is 0 Å². The van der Waals surface area contributed by atoms with Crippen molar-refractivity contribution in [2.24, 2.45) is 17.6 Å². The van der Waals surface area contributed by atoms with E-state index in [4.69, 9.17) is 5.73 Å². The van der Waals surface area contributed by atoms with Gasteiger partial charge in [0.15, 0.2) is 0 Å². The van der Waals surface area contributed by atoms with E-state index in [9.17, 15) is 0 Å². The summed E-state index contributed by atoms with van der Waals surface area (Å²) in [5.74, 6) is 1.72. The van der Waals surface area contributed by atoms with Crippen LogP contribution in [0.15, 0.2) is 12.5 Å². The normalized spacial score (nSPS) is 23.0. The van der Waals surface area contributed by atoms with Crippen molar-refractivity contribution in [2.75, 3.05) is 13.1 Å². The Morgan fingerprint density at radius 1 is 1.44 bits per heavy atom. The van der Waals surface area contributed by atoms with Gasteiger partial charge in [-0.2, -0.15) is 0 Å². The molecule has 2 saturated carbocycles. The molecule has 2 unspecified atom stereocenters. The van der Waals surface area contributed by atoms with Gasteiger partial charge in [0, 0.05) is 18.8 Å². The highest BCUT2D eigenvalue weighted by atomic mass is 15.1. The summed E-state index contributed by atoms with van der Waals surface area (Å²) in [6.07, 6.45) is 9.34. The number of nitrogens with two attached hydrogens (primary N) is 1. The molecule has 2 fully saturated rings. The molecule has 100 valence electrons. The van der Waals surface area contributed by atoms with E-state index in [0.717, 1.165) is 18.4 Å². The maximum Gasteiger partial charge on any atom is 0.0951 e. The topological polar surface area (TPSA) is 55.9 Å². The smallest absolute Gasteiger partial charge is 0.0951 e. The van der Waals surface area contributed by atoms with Crippen molar-refractivity contribution in [3.05, 3.63) is 18.2 Å². The van der Waals surface area contributed by atoms with Gasteiger partial charge in [0.05, 0.1) is 18.1 Å². The number of aromatic nitrogens is 2. The van der Waals surface area contributed by atoms with Crippen LogP contribution < -0.4 is 11.1 Å². The summed E-state index contributed by atoms with van der Waals surface area (Å²) in [4.78, 5) is 4.29. The first-order chi connectivity index (χ1) is 8.79. The molecule has 3 N–H and O–H groups in total. The average Bonchev–Trinajstić information content (AvgIpc) is 3.29. The molecule has 4 nitrogen and oxygen atoms in total. The Morgan fingerprint density at radius 2 is 2.22 bits per heavy atom. The molecule has 0 aliphatic heterocycles. The molecule has 18 heavy (non-hydrogen) atoms. The van der Waals surface area contributed by atoms with Crippen LogP contribution in [0.3, 0.4) is 0 Å². The maximum atomic E-state index is 5.93. The van der Waals surface area contributed by atoms with E-state index >= 15 is 0 Å². The first-order valence-electron chi connectivity index (χ1n) is 7.24. The van der Waals surface area contributed by atoms with Gasteiger partial charge in [-0.25, -0.2) is 4.98 Å². The summed E-state index contributed by atoms with van der Waals surface area (Å²) < 4.78 is 2.31. The predicted octanol–water partition coefficient (Wildman–Crippen LogP) is 1.85. The van der Waals surface area contributed by atoms with Gasteiger partial charge in [0.2, 0.25) is 0 Å². The lowest BCUT2D eigenvalue weighted by molar-refractivity contribution is 0.411. The van der Waals surface area contributed by atoms with E-state index in [-0.39, 0.29) is 6.04 Å². The summed E-state index contributed by atoms with van der Waals surface area (Å²) in [5, 5.41) is 3.63. The molecule has 0 saturated heterocycles. The number of nitrogens with zero attached hydrogens (tertiary/aromatic N) is 2. The van der Waals surface area contributed by atoms with Gasteiger partial charge in [-0.15, -0.1) is 0 Å². The minimum absolute atomic E-state index is 0.259. The zero-order valence-corrected chi connectivity index (χ0v) is 11.2. The summed E-state index contributed by atoms with van der Waals surface area (Å²) in [7, 11) is 0. The Labute approximate surface area is 109 Å². The van der Waals surface area contributed by atoms with Gasteiger partial charge in [0.25, 0.3) is 0 Å². The van der Waals surface area contributed by atoms with Crippen molar-refractivity contribution in [3.63, 3.8) is 0 Å². The van der Waals surface area contributed by atoms with Crippen LogP contribution in [0.2, 0.25) is 0 Å². The number of imidazole rings is 1. The van der Waals surface area contributed by atoms with Crippen molar-refractivity contribution in [3.8, 4) is 0 Å². The molecule has 0 spiro atoms. The van der Waals surface area contributed by atoms with Crippen LogP contribution in [-0.4, -0.2) is 22.6 Å². The lowest BCUT2D eigenvalue weighted by atomic mass is 10.1. The number of hydrogen-bond donors (Lipinski definition) is 2. The van der Waals surface area contributed by atoms with Gasteiger partial charge in [-0.05, 0) is 44.1 Å². The van der Waals surface area contributed by atoms with Gasteiger partial charge in [0.1, 0.15) is 0 Å². The van der Waals surface area contributed by atoms with Gasteiger partial charge < -0.3 is 15.6 Å². The zero-order chi connectivity index (χ0) is 12.5. The minimum Gasteiger partial charge on any atom is -0.330 e. The number of nitrogens with one attached hydrogen (secondary N) is 1. The standard InChI is InChI=1S/C14H24N4/c1-10(11-2-3-11)7-17-13(6-15)14-8-16-9-18(14)12-4-5-12/h8-13,17H,2-7,15H2,1H3. The molecule has 0 radical (unpaired) electrons. The summed E-state index contributed by atoms with van der Waals surface area (Å²) in [5.41, 5.74) is 7.19. The highest BCUT2D eigenvalue weighted by Crippen LogP contribution is 2.38. The van der Waals surface area contributed by atoms with Crippen LogP contribution >= 0.6 is 0 Å². The molecule has 4 heteroatoms. The Hall–Kier alpha value is -0.870. The van der Waals surface area contributed by atoms with Crippen molar-refractivity contribution < 1.29 is 0 Å². The van der Waals surface area contributed by atoms with E-state index in [0.29, 0.717) is 12.6 Å². The predicted molar refractivity (Wildman–Crippen MR) is 72.2 cm³/mol. The Balaban J connectivity index is 1.61. The second kappa shape index (κ2) is 5.02. The average molecular weight is 248 g/mol. The third-order valence-electron chi connectivity index (χ3n) is 4.34. The van der Waals surface area contributed by atoms with Crippen molar-refractivity contribution >= 4 is 0 Å². The molecule has 2 atom stereocenters. The molecule has 1 aromatic heterocycles.